The van der Waals surface area contributed by atoms with Crippen LogP contribution in [0.2, 0.25) is 0 Å². The van der Waals surface area contributed by atoms with Crippen molar-refractivity contribution in [1.82, 2.24) is 0 Å². The van der Waals surface area contributed by atoms with E-state index in [0.717, 1.165) is 35.3 Å². The molecule has 1 aromatic heterocycles. The largest absolute Gasteiger partial charge is 0.466 e. The van der Waals surface area contributed by atoms with Crippen LogP contribution >= 0.6 is 23.5 Å². The van der Waals surface area contributed by atoms with E-state index in [4.69, 9.17) is 9.15 Å². The van der Waals surface area contributed by atoms with E-state index in [9.17, 15) is 9.59 Å². The molecule has 0 spiro atoms. The summed E-state index contributed by atoms with van der Waals surface area (Å²) in [6.07, 6.45) is 8.54. The third-order valence-electron chi connectivity index (χ3n) is 4.88. The van der Waals surface area contributed by atoms with E-state index in [1.807, 2.05) is 17.8 Å². The van der Waals surface area contributed by atoms with Gasteiger partial charge in [0.15, 0.2) is 0 Å². The van der Waals surface area contributed by atoms with Gasteiger partial charge in [-0.3, -0.25) is 4.79 Å². The SMILES string of the molecule is CCC(=O)OCCCCCSc1cc(=O)oc2cc(SC3CCCC3)ccc12. The molecule has 2 aromatic rings. The van der Waals surface area contributed by atoms with Gasteiger partial charge in [0.05, 0.1) is 6.61 Å². The molecule has 1 aliphatic carbocycles. The number of hydrogen-bond donors (Lipinski definition) is 0. The van der Waals surface area contributed by atoms with E-state index in [0.29, 0.717) is 23.9 Å². The second-order valence-corrected chi connectivity index (χ2v) is 9.61. The van der Waals surface area contributed by atoms with Gasteiger partial charge in [-0.25, -0.2) is 4.79 Å². The number of hydrogen-bond acceptors (Lipinski definition) is 6. The van der Waals surface area contributed by atoms with Gasteiger partial charge in [-0.1, -0.05) is 19.8 Å². The second kappa shape index (κ2) is 11.0. The summed E-state index contributed by atoms with van der Waals surface area (Å²) in [6, 6.07) is 7.85. The van der Waals surface area contributed by atoms with Gasteiger partial charge in [-0.2, -0.15) is 0 Å². The smallest absolute Gasteiger partial charge is 0.337 e. The fourth-order valence-corrected chi connectivity index (χ4v) is 5.70. The highest BCUT2D eigenvalue weighted by atomic mass is 32.2. The molecule has 0 radical (unpaired) electrons. The van der Waals surface area contributed by atoms with Crippen molar-refractivity contribution in [1.29, 1.82) is 0 Å². The average molecular weight is 421 g/mol. The maximum Gasteiger partial charge on any atom is 0.337 e. The molecule has 0 saturated heterocycles. The molecule has 28 heavy (non-hydrogen) atoms. The van der Waals surface area contributed by atoms with E-state index in [1.54, 1.807) is 24.8 Å². The Kier molecular flexibility index (Phi) is 8.34. The first-order valence-corrected chi connectivity index (χ1v) is 12.0. The van der Waals surface area contributed by atoms with Gasteiger partial charge in [0.1, 0.15) is 5.58 Å². The van der Waals surface area contributed by atoms with Crippen LogP contribution in [-0.4, -0.2) is 23.6 Å². The number of rotatable bonds is 10. The maximum atomic E-state index is 12.0. The number of ether oxygens (including phenoxy) is 1. The van der Waals surface area contributed by atoms with Crippen LogP contribution in [-0.2, 0) is 9.53 Å². The molecule has 1 aromatic carbocycles. The normalized spacial score (nSPS) is 14.6. The minimum Gasteiger partial charge on any atom is -0.466 e. The van der Waals surface area contributed by atoms with Crippen LogP contribution in [0, 0.1) is 0 Å². The Labute approximate surface area is 174 Å². The Morgan fingerprint density at radius 3 is 2.79 bits per heavy atom. The molecule has 0 unspecified atom stereocenters. The van der Waals surface area contributed by atoms with E-state index in [-0.39, 0.29) is 11.6 Å². The lowest BCUT2D eigenvalue weighted by Crippen LogP contribution is -2.03. The molecular formula is C22H28O4S2. The van der Waals surface area contributed by atoms with Crippen molar-refractivity contribution in [2.24, 2.45) is 0 Å². The van der Waals surface area contributed by atoms with Crippen LogP contribution in [0.3, 0.4) is 0 Å². The number of carbonyl (C=O) groups excluding carboxylic acids is 1. The van der Waals surface area contributed by atoms with Gasteiger partial charge in [0.25, 0.3) is 0 Å². The van der Waals surface area contributed by atoms with Gasteiger partial charge in [0.2, 0.25) is 0 Å². The molecule has 0 amide bonds. The first kappa shape index (κ1) is 21.3. The van der Waals surface area contributed by atoms with Crippen molar-refractivity contribution in [2.75, 3.05) is 12.4 Å². The Balaban J connectivity index is 1.54. The molecule has 4 nitrogen and oxygen atoms in total. The van der Waals surface area contributed by atoms with Gasteiger partial charge >= 0.3 is 11.6 Å². The molecular weight excluding hydrogens is 392 g/mol. The van der Waals surface area contributed by atoms with Crippen LogP contribution < -0.4 is 5.63 Å². The Hall–Kier alpha value is -1.40. The summed E-state index contributed by atoms with van der Waals surface area (Å²) in [5, 5.41) is 1.70. The molecule has 6 heteroatoms. The molecule has 0 N–H and O–H groups in total. The highest BCUT2D eigenvalue weighted by Gasteiger charge is 2.17. The number of benzene rings is 1. The van der Waals surface area contributed by atoms with Gasteiger partial charge in [0, 0.05) is 32.9 Å². The molecule has 0 bridgehead atoms. The predicted molar refractivity (Wildman–Crippen MR) is 116 cm³/mol. The summed E-state index contributed by atoms with van der Waals surface area (Å²) in [5.41, 5.74) is 0.397. The highest BCUT2D eigenvalue weighted by Crippen LogP contribution is 2.37. The summed E-state index contributed by atoms with van der Waals surface area (Å²) in [7, 11) is 0. The van der Waals surface area contributed by atoms with E-state index in [1.165, 1.54) is 30.6 Å². The molecule has 0 atom stereocenters. The predicted octanol–water partition coefficient (Wildman–Crippen LogP) is 6.04. The van der Waals surface area contributed by atoms with E-state index < -0.39 is 0 Å². The van der Waals surface area contributed by atoms with Crippen LogP contribution in [0.25, 0.3) is 11.0 Å². The Bertz CT molecular complexity index is 840. The highest BCUT2D eigenvalue weighted by molar-refractivity contribution is 8.00. The van der Waals surface area contributed by atoms with Gasteiger partial charge in [-0.05, 0) is 56.1 Å². The minimum atomic E-state index is -0.288. The number of fused-ring (bicyclic) bond motifs is 1. The topological polar surface area (TPSA) is 56.5 Å². The second-order valence-electron chi connectivity index (χ2n) is 7.10. The van der Waals surface area contributed by atoms with Crippen LogP contribution in [0.4, 0.5) is 0 Å². The lowest BCUT2D eigenvalue weighted by Gasteiger charge is -2.10. The van der Waals surface area contributed by atoms with E-state index in [2.05, 4.69) is 12.1 Å². The zero-order valence-corrected chi connectivity index (χ0v) is 18.0. The third-order valence-corrected chi connectivity index (χ3v) is 7.35. The summed E-state index contributed by atoms with van der Waals surface area (Å²) in [6.45, 7) is 2.30. The zero-order chi connectivity index (χ0) is 19.8. The van der Waals surface area contributed by atoms with Crippen molar-refractivity contribution < 1.29 is 13.9 Å². The summed E-state index contributed by atoms with van der Waals surface area (Å²) in [4.78, 5) is 25.3. The van der Waals surface area contributed by atoms with Gasteiger partial charge < -0.3 is 9.15 Å². The van der Waals surface area contributed by atoms with Crippen molar-refractivity contribution in [3.63, 3.8) is 0 Å². The third kappa shape index (κ3) is 6.31. The van der Waals surface area contributed by atoms with Crippen molar-refractivity contribution >= 4 is 40.5 Å². The Morgan fingerprint density at radius 2 is 2.00 bits per heavy atom. The lowest BCUT2D eigenvalue weighted by molar-refractivity contribution is -0.143. The molecule has 0 aliphatic heterocycles. The molecule has 1 fully saturated rings. The van der Waals surface area contributed by atoms with E-state index >= 15 is 0 Å². The molecule has 1 aliphatic rings. The lowest BCUT2D eigenvalue weighted by atomic mass is 10.2. The summed E-state index contributed by atoms with van der Waals surface area (Å²) >= 11 is 3.60. The first-order chi connectivity index (χ1) is 13.7. The standard InChI is InChI=1S/C22H28O4S2/c1-2-21(23)25-12-6-3-7-13-27-20-15-22(24)26-19-14-17(10-11-18(19)20)28-16-8-4-5-9-16/h10-11,14-16H,2-9,12-13H2,1H3. The average Bonchev–Trinajstić information content (AvgIpc) is 3.19. The van der Waals surface area contributed by atoms with Crippen molar-refractivity contribution in [3.05, 3.63) is 34.7 Å². The quantitative estimate of drug-likeness (QED) is 0.202. The molecule has 152 valence electrons. The zero-order valence-electron chi connectivity index (χ0n) is 16.4. The maximum absolute atomic E-state index is 12.0. The van der Waals surface area contributed by atoms with Gasteiger partial charge in [-0.15, -0.1) is 23.5 Å². The number of unbranched alkanes of at least 4 members (excludes halogenated alkanes) is 2. The summed E-state index contributed by atoms with van der Waals surface area (Å²) in [5.74, 6) is 0.793. The Morgan fingerprint density at radius 1 is 1.18 bits per heavy atom. The number of thioether (sulfide) groups is 2. The summed E-state index contributed by atoms with van der Waals surface area (Å²) < 4.78 is 10.6. The van der Waals surface area contributed by atoms with Crippen molar-refractivity contribution in [3.8, 4) is 0 Å². The number of carbonyl (C=O) groups is 1. The first-order valence-electron chi connectivity index (χ1n) is 10.2. The van der Waals surface area contributed by atoms with Crippen LogP contribution in [0.15, 0.2) is 43.3 Å². The molecule has 1 heterocycles. The monoisotopic (exact) mass is 420 g/mol. The molecule has 1 saturated carbocycles. The van der Waals surface area contributed by atoms with Crippen LogP contribution in [0.5, 0.6) is 0 Å². The molecule has 3 rings (SSSR count). The number of esters is 1. The van der Waals surface area contributed by atoms with Crippen LogP contribution in [0.1, 0.15) is 58.3 Å². The fourth-order valence-electron chi connectivity index (χ4n) is 3.36. The minimum absolute atomic E-state index is 0.137. The fraction of sp³-hybridized carbons (Fsp3) is 0.545. The van der Waals surface area contributed by atoms with Crippen molar-refractivity contribution in [2.45, 2.75) is 73.3 Å².